The van der Waals surface area contributed by atoms with Gasteiger partial charge in [-0.25, -0.2) is 4.99 Å². The first-order valence-electron chi connectivity index (χ1n) is 12.0. The molecule has 6 heteroatoms. The van der Waals surface area contributed by atoms with E-state index in [0.717, 1.165) is 11.1 Å². The molecular formula is C30H44N4O2. The highest BCUT2D eigenvalue weighted by Gasteiger charge is 2.10. The minimum atomic E-state index is -0.371. The lowest BCUT2D eigenvalue weighted by Gasteiger charge is -2.15. The maximum Gasteiger partial charge on any atom is 0.258 e. The predicted molar refractivity (Wildman–Crippen MR) is 157 cm³/mol. The van der Waals surface area contributed by atoms with Crippen molar-refractivity contribution in [3.8, 4) is 0 Å². The SMILES string of the molecule is C=C.C=C(C(=O)Nc1ccccc1)C(N)=N/C=C(\C)c1ccc(C)cc1.C=O.CCCN(CC)CC. The molecule has 0 radical (unpaired) electrons. The second kappa shape index (κ2) is 21.7. The van der Waals surface area contributed by atoms with E-state index in [1.165, 1.54) is 31.6 Å². The smallest absolute Gasteiger partial charge is 0.258 e. The van der Waals surface area contributed by atoms with Gasteiger partial charge in [-0.15, -0.1) is 13.2 Å². The Hall–Kier alpha value is -3.77. The van der Waals surface area contributed by atoms with E-state index in [0.29, 0.717) is 5.69 Å². The largest absolute Gasteiger partial charge is 0.383 e. The number of rotatable bonds is 9. The number of anilines is 1. The van der Waals surface area contributed by atoms with Crippen molar-refractivity contribution in [1.29, 1.82) is 0 Å². The highest BCUT2D eigenvalue weighted by atomic mass is 16.1. The van der Waals surface area contributed by atoms with Gasteiger partial charge in [0, 0.05) is 11.9 Å². The average molecular weight is 493 g/mol. The van der Waals surface area contributed by atoms with Gasteiger partial charge >= 0.3 is 0 Å². The first-order chi connectivity index (χ1) is 17.3. The fraction of sp³-hybridized carbons (Fsp3) is 0.300. The Kier molecular flexibility index (Phi) is 20.8. The van der Waals surface area contributed by atoms with E-state index in [9.17, 15) is 4.79 Å². The summed E-state index contributed by atoms with van der Waals surface area (Å²) in [6.07, 6.45) is 2.92. The van der Waals surface area contributed by atoms with Gasteiger partial charge in [0.2, 0.25) is 0 Å². The van der Waals surface area contributed by atoms with Gasteiger partial charge in [-0.1, -0.05) is 75.4 Å². The van der Waals surface area contributed by atoms with Crippen LogP contribution in [0.25, 0.3) is 5.57 Å². The van der Waals surface area contributed by atoms with Gasteiger partial charge in [-0.3, -0.25) is 4.79 Å². The molecule has 196 valence electrons. The van der Waals surface area contributed by atoms with Gasteiger partial charge < -0.3 is 20.7 Å². The standard InChI is InChI=1S/C20H21N3O.C7H17N.C2H4.CH2O/c1-14-9-11-17(12-10-14)15(2)13-22-19(21)16(3)20(24)23-18-7-5-4-6-8-18;1-4-7-8(5-2)6-3;2*1-2/h4-13H,3H2,1-2H3,(H2,21,22)(H,23,24);4-7H2,1-3H3;1-2H2;1H2/b15-13+;;;. The summed E-state index contributed by atoms with van der Waals surface area (Å²) < 4.78 is 0. The van der Waals surface area contributed by atoms with Crippen LogP contribution in [0, 0.1) is 6.92 Å². The Balaban J connectivity index is 0. The second-order valence-corrected chi connectivity index (χ2v) is 7.52. The summed E-state index contributed by atoms with van der Waals surface area (Å²) in [5.74, 6) is -0.279. The van der Waals surface area contributed by atoms with Crippen molar-refractivity contribution < 1.29 is 9.59 Å². The molecule has 36 heavy (non-hydrogen) atoms. The molecule has 2 aromatic rings. The number of allylic oxidation sites excluding steroid dienone is 1. The highest BCUT2D eigenvalue weighted by molar-refractivity contribution is 6.23. The Morgan fingerprint density at radius 3 is 1.97 bits per heavy atom. The van der Waals surface area contributed by atoms with Crippen molar-refractivity contribution in [1.82, 2.24) is 4.90 Å². The molecule has 0 spiro atoms. The van der Waals surface area contributed by atoms with E-state index >= 15 is 0 Å². The summed E-state index contributed by atoms with van der Waals surface area (Å²) in [6.45, 7) is 26.0. The number of para-hydroxylation sites is 1. The minimum absolute atomic E-state index is 0.0925. The number of hydrogen-bond donors (Lipinski definition) is 2. The Bertz CT molecular complexity index is 929. The van der Waals surface area contributed by atoms with Gasteiger partial charge in [0.25, 0.3) is 5.91 Å². The molecule has 0 aromatic heterocycles. The van der Waals surface area contributed by atoms with Crippen LogP contribution in [-0.4, -0.2) is 43.1 Å². The van der Waals surface area contributed by atoms with Gasteiger partial charge in [0.05, 0.1) is 5.57 Å². The van der Waals surface area contributed by atoms with Crippen molar-refractivity contribution >= 4 is 29.8 Å². The number of amides is 1. The monoisotopic (exact) mass is 492 g/mol. The fourth-order valence-electron chi connectivity index (χ4n) is 2.84. The lowest BCUT2D eigenvalue weighted by molar-refractivity contribution is -0.112. The molecule has 0 heterocycles. The Labute approximate surface area is 218 Å². The Morgan fingerprint density at radius 2 is 1.53 bits per heavy atom. The van der Waals surface area contributed by atoms with E-state index in [1.54, 1.807) is 18.3 Å². The molecule has 0 aliphatic rings. The Morgan fingerprint density at radius 1 is 1.00 bits per heavy atom. The summed E-state index contributed by atoms with van der Waals surface area (Å²) >= 11 is 0. The molecule has 0 unspecified atom stereocenters. The maximum absolute atomic E-state index is 12.1. The molecule has 0 saturated carbocycles. The molecule has 0 atom stereocenters. The van der Waals surface area contributed by atoms with Crippen LogP contribution in [0.5, 0.6) is 0 Å². The lowest BCUT2D eigenvalue weighted by Crippen LogP contribution is -2.25. The predicted octanol–water partition coefficient (Wildman–Crippen LogP) is 6.26. The minimum Gasteiger partial charge on any atom is -0.383 e. The van der Waals surface area contributed by atoms with Crippen molar-refractivity contribution in [3.63, 3.8) is 0 Å². The number of nitrogens with two attached hydrogens (primary N) is 1. The maximum atomic E-state index is 12.1. The molecule has 3 N–H and O–H groups in total. The van der Waals surface area contributed by atoms with Crippen molar-refractivity contribution in [2.75, 3.05) is 25.0 Å². The molecule has 0 saturated heterocycles. The zero-order chi connectivity index (χ0) is 27.9. The highest BCUT2D eigenvalue weighted by Crippen LogP contribution is 2.14. The van der Waals surface area contributed by atoms with Gasteiger partial charge in [-0.2, -0.15) is 0 Å². The number of carbonyl (C=O) groups excluding carboxylic acids is 2. The third kappa shape index (κ3) is 14.5. The molecule has 1 amide bonds. The third-order valence-electron chi connectivity index (χ3n) is 4.95. The van der Waals surface area contributed by atoms with Crippen LogP contribution in [0.4, 0.5) is 5.69 Å². The van der Waals surface area contributed by atoms with Crippen LogP contribution in [0.3, 0.4) is 0 Å². The van der Waals surface area contributed by atoms with Crippen LogP contribution >= 0.6 is 0 Å². The van der Waals surface area contributed by atoms with Crippen LogP contribution in [0.15, 0.2) is 91.1 Å². The van der Waals surface area contributed by atoms with Crippen molar-refractivity contribution in [2.24, 2.45) is 10.7 Å². The number of aryl methyl sites for hydroxylation is 1. The average Bonchev–Trinajstić information content (AvgIpc) is 2.93. The molecule has 2 aromatic carbocycles. The lowest BCUT2D eigenvalue weighted by atomic mass is 10.1. The first-order valence-corrected chi connectivity index (χ1v) is 12.0. The second-order valence-electron chi connectivity index (χ2n) is 7.52. The number of amidine groups is 1. The molecule has 0 aliphatic carbocycles. The molecule has 0 aliphatic heterocycles. The molecular weight excluding hydrogens is 448 g/mol. The van der Waals surface area contributed by atoms with Crippen molar-refractivity contribution in [2.45, 2.75) is 41.0 Å². The number of aliphatic imine (C=N–C) groups is 1. The number of nitrogens with zero attached hydrogens (tertiary/aromatic N) is 2. The van der Waals surface area contributed by atoms with Gasteiger partial charge in [0.15, 0.2) is 0 Å². The van der Waals surface area contributed by atoms with Crippen LogP contribution in [0.2, 0.25) is 0 Å². The van der Waals surface area contributed by atoms with Crippen molar-refractivity contribution in [3.05, 3.63) is 97.2 Å². The molecule has 6 nitrogen and oxygen atoms in total. The van der Waals surface area contributed by atoms with E-state index in [1.807, 2.05) is 63.1 Å². The van der Waals surface area contributed by atoms with Crippen LogP contribution in [0.1, 0.15) is 45.2 Å². The molecule has 2 rings (SSSR count). The van der Waals surface area contributed by atoms with Gasteiger partial charge in [-0.05, 0) is 63.2 Å². The first kappa shape index (κ1) is 34.4. The normalized spacial score (nSPS) is 10.5. The van der Waals surface area contributed by atoms with E-state index < -0.39 is 0 Å². The molecule has 0 fully saturated rings. The zero-order valence-electron chi connectivity index (χ0n) is 22.7. The number of benzene rings is 2. The summed E-state index contributed by atoms with van der Waals surface area (Å²) in [6, 6.07) is 17.2. The zero-order valence-corrected chi connectivity index (χ0v) is 22.7. The quantitative estimate of drug-likeness (QED) is 0.187. The van der Waals surface area contributed by atoms with E-state index in [2.05, 4.69) is 55.7 Å². The van der Waals surface area contributed by atoms with Crippen LogP contribution in [-0.2, 0) is 9.59 Å². The summed E-state index contributed by atoms with van der Waals surface area (Å²) in [7, 11) is 0. The number of carbonyl (C=O) groups is 2. The van der Waals surface area contributed by atoms with E-state index in [-0.39, 0.29) is 17.3 Å². The number of hydrogen-bond acceptors (Lipinski definition) is 4. The summed E-state index contributed by atoms with van der Waals surface area (Å²) in [4.78, 5) is 26.7. The van der Waals surface area contributed by atoms with E-state index in [4.69, 9.17) is 10.5 Å². The third-order valence-corrected chi connectivity index (χ3v) is 4.95. The fourth-order valence-corrected chi connectivity index (χ4v) is 2.84. The van der Waals surface area contributed by atoms with Crippen LogP contribution < -0.4 is 11.1 Å². The summed E-state index contributed by atoms with van der Waals surface area (Å²) in [5, 5.41) is 2.73. The number of nitrogens with one attached hydrogen (secondary N) is 1. The topological polar surface area (TPSA) is 87.8 Å². The summed E-state index contributed by atoms with van der Waals surface area (Å²) in [5.41, 5.74) is 9.88. The van der Waals surface area contributed by atoms with Gasteiger partial charge in [0.1, 0.15) is 12.6 Å². The molecule has 0 bridgehead atoms.